The van der Waals surface area contributed by atoms with Gasteiger partial charge in [0.05, 0.1) is 16.3 Å². The first kappa shape index (κ1) is 20.7. The molecule has 0 saturated heterocycles. The summed E-state index contributed by atoms with van der Waals surface area (Å²) in [6, 6.07) is 12.1. The molecule has 0 amide bonds. The van der Waals surface area contributed by atoms with E-state index in [0.717, 1.165) is 29.3 Å². The van der Waals surface area contributed by atoms with Crippen molar-refractivity contribution in [2.45, 2.75) is 13.1 Å². The van der Waals surface area contributed by atoms with Crippen molar-refractivity contribution in [2.75, 3.05) is 11.1 Å². The fraction of sp³-hybridized carbons (Fsp3) is 0.0952. The molecule has 31 heavy (non-hydrogen) atoms. The average molecular weight is 446 g/mol. The van der Waals surface area contributed by atoms with Gasteiger partial charge >= 0.3 is 6.18 Å². The molecule has 2 heterocycles. The molecule has 0 aliphatic heterocycles. The van der Waals surface area contributed by atoms with Gasteiger partial charge in [-0.1, -0.05) is 29.8 Å². The van der Waals surface area contributed by atoms with Crippen molar-refractivity contribution in [2.24, 2.45) is 0 Å². The third-order valence-corrected chi connectivity index (χ3v) is 4.75. The molecule has 4 aromatic rings. The van der Waals surface area contributed by atoms with Crippen LogP contribution in [-0.2, 0) is 6.18 Å². The van der Waals surface area contributed by atoms with Crippen LogP contribution in [0.2, 0.25) is 5.02 Å². The second kappa shape index (κ2) is 7.92. The maximum Gasteiger partial charge on any atom is 0.416 e. The number of benzene rings is 2. The van der Waals surface area contributed by atoms with E-state index in [9.17, 15) is 13.2 Å². The number of hydrogen-bond acceptors (Lipinski definition) is 6. The van der Waals surface area contributed by atoms with Crippen molar-refractivity contribution in [1.82, 2.24) is 15.0 Å². The normalized spacial score (nSPS) is 11.5. The molecule has 0 aliphatic rings. The van der Waals surface area contributed by atoms with Crippen molar-refractivity contribution in [3.8, 4) is 11.6 Å². The number of ether oxygens (including phenoxy) is 1. The van der Waals surface area contributed by atoms with Crippen LogP contribution in [0, 0.1) is 6.92 Å². The Hall–Kier alpha value is -3.59. The molecule has 0 aliphatic carbocycles. The van der Waals surface area contributed by atoms with E-state index in [1.54, 1.807) is 12.1 Å². The predicted molar refractivity (Wildman–Crippen MR) is 113 cm³/mol. The first-order valence-electron chi connectivity index (χ1n) is 9.01. The highest BCUT2D eigenvalue weighted by Crippen LogP contribution is 2.37. The van der Waals surface area contributed by atoms with Gasteiger partial charge in [-0.2, -0.15) is 18.2 Å². The van der Waals surface area contributed by atoms with E-state index in [-0.39, 0.29) is 28.1 Å². The van der Waals surface area contributed by atoms with Gasteiger partial charge in [-0.25, -0.2) is 9.97 Å². The summed E-state index contributed by atoms with van der Waals surface area (Å²) in [5, 5.41) is 3.66. The van der Waals surface area contributed by atoms with Gasteiger partial charge in [0.15, 0.2) is 11.6 Å². The van der Waals surface area contributed by atoms with E-state index in [1.807, 2.05) is 25.1 Å². The summed E-state index contributed by atoms with van der Waals surface area (Å²) in [5.74, 6) is 0.502. The van der Waals surface area contributed by atoms with E-state index in [0.29, 0.717) is 11.3 Å². The Kier molecular flexibility index (Phi) is 5.28. The number of nitrogens with zero attached hydrogens (tertiary/aromatic N) is 3. The number of para-hydroxylation sites is 1. The second-order valence-corrected chi connectivity index (χ2v) is 7.05. The predicted octanol–water partition coefficient (Wildman–Crippen LogP) is 6.12. The summed E-state index contributed by atoms with van der Waals surface area (Å²) < 4.78 is 45.0. The van der Waals surface area contributed by atoms with Crippen LogP contribution in [0.25, 0.3) is 10.9 Å². The van der Waals surface area contributed by atoms with Crippen LogP contribution >= 0.6 is 11.6 Å². The second-order valence-electron chi connectivity index (χ2n) is 6.64. The largest absolute Gasteiger partial charge is 0.435 e. The van der Waals surface area contributed by atoms with Gasteiger partial charge in [0, 0.05) is 11.1 Å². The first-order chi connectivity index (χ1) is 14.7. The summed E-state index contributed by atoms with van der Waals surface area (Å²) in [7, 11) is 0. The van der Waals surface area contributed by atoms with Crippen molar-refractivity contribution in [3.05, 3.63) is 71.1 Å². The number of anilines is 3. The van der Waals surface area contributed by atoms with E-state index >= 15 is 0 Å². The van der Waals surface area contributed by atoms with Crippen LogP contribution < -0.4 is 15.8 Å². The van der Waals surface area contributed by atoms with Gasteiger partial charge < -0.3 is 15.8 Å². The zero-order valence-electron chi connectivity index (χ0n) is 16.0. The fourth-order valence-corrected chi connectivity index (χ4v) is 3.05. The van der Waals surface area contributed by atoms with Crippen molar-refractivity contribution in [3.63, 3.8) is 0 Å². The van der Waals surface area contributed by atoms with Crippen LogP contribution in [0.4, 0.5) is 30.4 Å². The van der Waals surface area contributed by atoms with Gasteiger partial charge in [-0.3, -0.25) is 0 Å². The summed E-state index contributed by atoms with van der Waals surface area (Å²) >= 11 is 6.04. The molecule has 0 fully saturated rings. The van der Waals surface area contributed by atoms with Crippen LogP contribution in [0.15, 0.2) is 54.9 Å². The summed E-state index contributed by atoms with van der Waals surface area (Å²) in [4.78, 5) is 12.5. The zero-order valence-corrected chi connectivity index (χ0v) is 16.8. The summed E-state index contributed by atoms with van der Waals surface area (Å²) in [6.45, 7) is 1.86. The van der Waals surface area contributed by atoms with Crippen molar-refractivity contribution in [1.29, 1.82) is 0 Å². The van der Waals surface area contributed by atoms with E-state index in [4.69, 9.17) is 22.1 Å². The molecule has 0 radical (unpaired) electrons. The van der Waals surface area contributed by atoms with Crippen LogP contribution in [-0.4, -0.2) is 15.0 Å². The first-order valence-corrected chi connectivity index (χ1v) is 9.38. The minimum Gasteiger partial charge on any atom is -0.435 e. The van der Waals surface area contributed by atoms with Gasteiger partial charge in [-0.15, -0.1) is 0 Å². The highest BCUT2D eigenvalue weighted by molar-refractivity contribution is 6.33. The number of halogens is 4. The molecule has 0 bridgehead atoms. The third-order valence-electron chi connectivity index (χ3n) is 4.42. The topological polar surface area (TPSA) is 86.0 Å². The number of nitrogen functional groups attached to an aromatic ring is 1. The molecule has 4 rings (SSSR count). The zero-order chi connectivity index (χ0) is 22.2. The van der Waals surface area contributed by atoms with E-state index < -0.39 is 11.7 Å². The lowest BCUT2D eigenvalue weighted by molar-refractivity contribution is -0.137. The van der Waals surface area contributed by atoms with Crippen LogP contribution in [0.1, 0.15) is 11.3 Å². The van der Waals surface area contributed by atoms with Crippen LogP contribution in [0.5, 0.6) is 11.6 Å². The molecular weight excluding hydrogens is 431 g/mol. The highest BCUT2D eigenvalue weighted by Gasteiger charge is 2.31. The highest BCUT2D eigenvalue weighted by atomic mass is 35.5. The minimum absolute atomic E-state index is 0.000588. The Morgan fingerprint density at radius 3 is 2.65 bits per heavy atom. The number of rotatable bonds is 4. The molecule has 2 aromatic carbocycles. The summed E-state index contributed by atoms with van der Waals surface area (Å²) in [5.41, 5.74) is 6.69. The monoisotopic (exact) mass is 445 g/mol. The molecule has 0 spiro atoms. The average Bonchev–Trinajstić information content (AvgIpc) is 2.72. The molecule has 2 aromatic heterocycles. The minimum atomic E-state index is -4.52. The number of pyridine rings is 1. The Morgan fingerprint density at radius 2 is 1.87 bits per heavy atom. The maximum absolute atomic E-state index is 13.0. The fourth-order valence-electron chi connectivity index (χ4n) is 2.89. The standard InChI is InChI=1S/C21H15ClF3N5O/c1-11-5-6-12-3-2-4-16(18(12)29-11)31-20-17(26)19(27-10-28-20)30-15-9-13(21(23,24)25)7-8-14(15)22/h2-10H,26H2,1H3,(H,27,28,30). The number of aryl methyl sites for hydroxylation is 1. The van der Waals surface area contributed by atoms with Crippen LogP contribution in [0.3, 0.4) is 0 Å². The SMILES string of the molecule is Cc1ccc2cccc(Oc3ncnc(Nc4cc(C(F)(F)F)ccc4Cl)c3N)c2n1. The molecule has 3 N–H and O–H groups in total. The number of alkyl halides is 3. The number of nitrogens with two attached hydrogens (primary N) is 1. The van der Waals surface area contributed by atoms with Gasteiger partial charge in [0.1, 0.15) is 17.5 Å². The Morgan fingerprint density at radius 1 is 1.06 bits per heavy atom. The Labute approximate surface area is 179 Å². The number of hydrogen-bond donors (Lipinski definition) is 2. The smallest absolute Gasteiger partial charge is 0.416 e. The van der Waals surface area contributed by atoms with Gasteiger partial charge in [-0.05, 0) is 37.3 Å². The number of nitrogens with one attached hydrogen (secondary N) is 1. The lowest BCUT2D eigenvalue weighted by atomic mass is 10.2. The molecule has 0 atom stereocenters. The molecule has 10 heteroatoms. The molecular formula is C21H15ClF3N5O. The quantitative estimate of drug-likeness (QED) is 0.393. The lowest BCUT2D eigenvalue weighted by Crippen LogP contribution is -2.07. The molecule has 158 valence electrons. The summed E-state index contributed by atoms with van der Waals surface area (Å²) in [6.07, 6.45) is -3.34. The van der Waals surface area contributed by atoms with Crippen molar-refractivity contribution >= 4 is 39.7 Å². The Bertz CT molecular complexity index is 1280. The number of fused-ring (bicyclic) bond motifs is 1. The molecule has 0 unspecified atom stereocenters. The number of aromatic nitrogens is 3. The van der Waals surface area contributed by atoms with Gasteiger partial charge in [0.2, 0.25) is 5.88 Å². The van der Waals surface area contributed by atoms with Crippen molar-refractivity contribution < 1.29 is 17.9 Å². The molecule has 6 nitrogen and oxygen atoms in total. The Balaban J connectivity index is 1.68. The van der Waals surface area contributed by atoms with E-state index in [2.05, 4.69) is 20.3 Å². The lowest BCUT2D eigenvalue weighted by Gasteiger charge is -2.15. The molecule has 0 saturated carbocycles. The third kappa shape index (κ3) is 4.31. The maximum atomic E-state index is 13.0. The van der Waals surface area contributed by atoms with Gasteiger partial charge in [0.25, 0.3) is 0 Å². The van der Waals surface area contributed by atoms with E-state index in [1.165, 1.54) is 6.33 Å².